The summed E-state index contributed by atoms with van der Waals surface area (Å²) < 4.78 is 5.08. The molecule has 1 fully saturated rings. The normalized spacial score (nSPS) is 16.2. The van der Waals surface area contributed by atoms with Crippen LogP contribution in [0.1, 0.15) is 64.7 Å². The number of esters is 1. The van der Waals surface area contributed by atoms with Crippen LogP contribution in [-0.2, 0) is 14.3 Å². The molecule has 0 aromatic carbocycles. The van der Waals surface area contributed by atoms with E-state index in [0.29, 0.717) is 12.5 Å². The van der Waals surface area contributed by atoms with Gasteiger partial charge in [0.1, 0.15) is 0 Å². The number of ether oxygens (including phenoxy) is 1. The van der Waals surface area contributed by atoms with E-state index in [4.69, 9.17) is 4.74 Å². The van der Waals surface area contributed by atoms with Crippen LogP contribution in [0.2, 0.25) is 0 Å². The minimum absolute atomic E-state index is 0.244. The molecule has 1 amide bonds. The van der Waals surface area contributed by atoms with Crippen molar-refractivity contribution in [2.45, 2.75) is 64.7 Å². The molecule has 0 bridgehead atoms. The van der Waals surface area contributed by atoms with Gasteiger partial charge in [-0.3, -0.25) is 4.79 Å². The molecular formula is C17H29NO3. The van der Waals surface area contributed by atoms with Crippen molar-refractivity contribution >= 4 is 11.9 Å². The lowest BCUT2D eigenvalue weighted by Crippen LogP contribution is -2.31. The lowest BCUT2D eigenvalue weighted by atomic mass is 10.2. The zero-order valence-electron chi connectivity index (χ0n) is 13.3. The van der Waals surface area contributed by atoms with E-state index < -0.39 is 0 Å². The number of likely N-dealkylation sites (tertiary alicyclic amines) is 1. The molecule has 0 unspecified atom stereocenters. The second-order valence-corrected chi connectivity index (χ2v) is 5.58. The highest BCUT2D eigenvalue weighted by Crippen LogP contribution is 2.12. The van der Waals surface area contributed by atoms with Gasteiger partial charge in [-0.2, -0.15) is 0 Å². The Bertz CT molecular complexity index is 339. The summed E-state index contributed by atoms with van der Waals surface area (Å²) in [5.74, 6) is 0.0798. The van der Waals surface area contributed by atoms with Crippen molar-refractivity contribution in [2.24, 2.45) is 0 Å². The molecule has 120 valence electrons. The first kappa shape index (κ1) is 17.7. The van der Waals surface area contributed by atoms with Gasteiger partial charge < -0.3 is 9.64 Å². The largest absolute Gasteiger partial charge is 0.463 e. The van der Waals surface area contributed by atoms with Crippen LogP contribution in [0.5, 0.6) is 0 Å². The standard InChI is InChI=1S/C17H29NO3/c1-2-3-12-17(20)21-15-10-5-4-8-13-18-14-9-6-7-11-16(18)19/h3,12H,2,4-11,13-15H2,1H3/b12-3-. The van der Waals surface area contributed by atoms with E-state index in [-0.39, 0.29) is 5.97 Å². The quantitative estimate of drug-likeness (QED) is 0.372. The number of hydrogen-bond donors (Lipinski definition) is 0. The SMILES string of the molecule is CC/C=C\C(=O)OCCCCCCN1CCCCCC1=O. The Hall–Kier alpha value is -1.32. The summed E-state index contributed by atoms with van der Waals surface area (Å²) in [6, 6.07) is 0. The maximum atomic E-state index is 11.8. The Kier molecular flexibility index (Phi) is 9.58. The molecule has 0 aromatic rings. The maximum absolute atomic E-state index is 11.8. The van der Waals surface area contributed by atoms with Crippen molar-refractivity contribution in [3.63, 3.8) is 0 Å². The van der Waals surface area contributed by atoms with E-state index in [0.717, 1.165) is 64.5 Å². The molecule has 21 heavy (non-hydrogen) atoms. The van der Waals surface area contributed by atoms with E-state index in [1.54, 1.807) is 6.08 Å². The number of amides is 1. The number of nitrogens with zero attached hydrogens (tertiary/aromatic N) is 1. The molecule has 0 atom stereocenters. The summed E-state index contributed by atoms with van der Waals surface area (Å²) in [4.78, 5) is 25.0. The van der Waals surface area contributed by atoms with Crippen LogP contribution in [0.4, 0.5) is 0 Å². The lowest BCUT2D eigenvalue weighted by molar-refractivity contribution is -0.138. The van der Waals surface area contributed by atoms with E-state index in [1.165, 1.54) is 12.5 Å². The van der Waals surface area contributed by atoms with Crippen molar-refractivity contribution in [3.05, 3.63) is 12.2 Å². The van der Waals surface area contributed by atoms with Gasteiger partial charge in [-0.05, 0) is 38.5 Å². The number of rotatable bonds is 9. The Morgan fingerprint density at radius 3 is 2.81 bits per heavy atom. The number of carbonyl (C=O) groups excluding carboxylic acids is 2. The Morgan fingerprint density at radius 1 is 1.19 bits per heavy atom. The van der Waals surface area contributed by atoms with Gasteiger partial charge in [0.15, 0.2) is 0 Å². The fourth-order valence-electron chi connectivity index (χ4n) is 2.47. The average molecular weight is 295 g/mol. The van der Waals surface area contributed by atoms with E-state index >= 15 is 0 Å². The van der Waals surface area contributed by atoms with Gasteiger partial charge in [0.25, 0.3) is 0 Å². The van der Waals surface area contributed by atoms with Crippen LogP contribution in [-0.4, -0.2) is 36.5 Å². The van der Waals surface area contributed by atoms with E-state index in [9.17, 15) is 9.59 Å². The van der Waals surface area contributed by atoms with Crippen molar-refractivity contribution in [3.8, 4) is 0 Å². The predicted molar refractivity (Wildman–Crippen MR) is 83.9 cm³/mol. The zero-order valence-corrected chi connectivity index (χ0v) is 13.3. The first-order valence-electron chi connectivity index (χ1n) is 8.35. The van der Waals surface area contributed by atoms with Crippen molar-refractivity contribution in [1.82, 2.24) is 4.90 Å². The number of hydrogen-bond acceptors (Lipinski definition) is 3. The third-order valence-corrected chi connectivity index (χ3v) is 3.73. The maximum Gasteiger partial charge on any atom is 0.330 e. The highest BCUT2D eigenvalue weighted by atomic mass is 16.5. The lowest BCUT2D eigenvalue weighted by Gasteiger charge is -2.20. The molecule has 1 saturated heterocycles. The van der Waals surface area contributed by atoms with Crippen molar-refractivity contribution < 1.29 is 14.3 Å². The monoisotopic (exact) mass is 295 g/mol. The summed E-state index contributed by atoms with van der Waals surface area (Å²) >= 11 is 0. The molecule has 1 heterocycles. The van der Waals surface area contributed by atoms with Gasteiger partial charge in [0, 0.05) is 25.6 Å². The van der Waals surface area contributed by atoms with Crippen molar-refractivity contribution in [2.75, 3.05) is 19.7 Å². The van der Waals surface area contributed by atoms with Crippen LogP contribution in [0.15, 0.2) is 12.2 Å². The Labute approximate surface area is 128 Å². The minimum atomic E-state index is -0.244. The molecule has 4 heteroatoms. The molecule has 0 N–H and O–H groups in total. The smallest absolute Gasteiger partial charge is 0.330 e. The Balaban J connectivity index is 1.98. The third-order valence-electron chi connectivity index (χ3n) is 3.73. The highest BCUT2D eigenvalue weighted by molar-refractivity contribution is 5.81. The minimum Gasteiger partial charge on any atom is -0.463 e. The summed E-state index contributed by atoms with van der Waals surface area (Å²) in [6.07, 6.45) is 12.3. The van der Waals surface area contributed by atoms with Crippen LogP contribution < -0.4 is 0 Å². The van der Waals surface area contributed by atoms with Gasteiger partial charge in [0.2, 0.25) is 5.91 Å². The zero-order chi connectivity index (χ0) is 15.3. The molecule has 1 aliphatic heterocycles. The predicted octanol–water partition coefficient (Wildman–Crippen LogP) is 3.46. The summed E-state index contributed by atoms with van der Waals surface area (Å²) in [6.45, 7) is 4.30. The number of allylic oxidation sites excluding steroid dienone is 1. The van der Waals surface area contributed by atoms with Crippen LogP contribution >= 0.6 is 0 Å². The molecule has 0 saturated carbocycles. The second kappa shape index (κ2) is 11.4. The van der Waals surface area contributed by atoms with Crippen LogP contribution in [0.25, 0.3) is 0 Å². The van der Waals surface area contributed by atoms with Gasteiger partial charge in [0.05, 0.1) is 6.61 Å². The summed E-state index contributed by atoms with van der Waals surface area (Å²) in [5, 5.41) is 0. The number of carbonyl (C=O) groups is 2. The summed E-state index contributed by atoms with van der Waals surface area (Å²) in [5.41, 5.74) is 0. The molecule has 0 spiro atoms. The Morgan fingerprint density at radius 2 is 2.00 bits per heavy atom. The van der Waals surface area contributed by atoms with Crippen molar-refractivity contribution in [1.29, 1.82) is 0 Å². The first-order chi connectivity index (χ1) is 10.2. The molecule has 0 aromatic heterocycles. The van der Waals surface area contributed by atoms with Gasteiger partial charge in [-0.25, -0.2) is 4.79 Å². The molecule has 4 nitrogen and oxygen atoms in total. The molecule has 1 aliphatic rings. The number of unbranched alkanes of at least 4 members (excludes halogenated alkanes) is 3. The van der Waals surface area contributed by atoms with Gasteiger partial charge in [-0.15, -0.1) is 0 Å². The molecule has 1 rings (SSSR count). The third kappa shape index (κ3) is 8.53. The molecular weight excluding hydrogens is 266 g/mol. The van der Waals surface area contributed by atoms with Crippen LogP contribution in [0, 0.1) is 0 Å². The van der Waals surface area contributed by atoms with E-state index in [1.807, 2.05) is 11.8 Å². The highest BCUT2D eigenvalue weighted by Gasteiger charge is 2.15. The van der Waals surface area contributed by atoms with Gasteiger partial charge >= 0.3 is 5.97 Å². The average Bonchev–Trinajstić information content (AvgIpc) is 2.69. The topological polar surface area (TPSA) is 46.6 Å². The van der Waals surface area contributed by atoms with E-state index in [2.05, 4.69) is 0 Å². The molecule has 0 aliphatic carbocycles. The fraction of sp³-hybridized carbons (Fsp3) is 0.765. The second-order valence-electron chi connectivity index (χ2n) is 5.58. The molecule has 0 radical (unpaired) electrons. The summed E-state index contributed by atoms with van der Waals surface area (Å²) in [7, 11) is 0. The first-order valence-corrected chi connectivity index (χ1v) is 8.35. The van der Waals surface area contributed by atoms with Crippen LogP contribution in [0.3, 0.4) is 0 Å². The van der Waals surface area contributed by atoms with Gasteiger partial charge in [-0.1, -0.05) is 25.8 Å². The fourth-order valence-corrected chi connectivity index (χ4v) is 2.47.